The van der Waals surface area contributed by atoms with Crippen LogP contribution in [0.2, 0.25) is 15.1 Å². The van der Waals surface area contributed by atoms with Gasteiger partial charge in [0, 0.05) is 34.2 Å². The molecule has 0 aliphatic heterocycles. The monoisotopic (exact) mass is 581 g/mol. The molecule has 0 saturated carbocycles. The lowest BCUT2D eigenvalue weighted by atomic mass is 10.1. The lowest BCUT2D eigenvalue weighted by Crippen LogP contribution is -2.50. The van der Waals surface area contributed by atoms with Crippen LogP contribution in [-0.2, 0) is 26.2 Å². The standard InChI is InChI=1S/C26H26Cl3N3O4S/c1-17-12-13-19(14-24(17)29)32(37(35,36)20-8-5-4-6-9-20)16-25(33)31(18(2)26(34)30-3)15-21-22(27)10-7-11-23(21)28/h4-14,18H,15-16H2,1-3H3,(H,30,34). The fraction of sp³-hybridized carbons (Fsp3) is 0.231. The van der Waals surface area contributed by atoms with Gasteiger partial charge in [0.2, 0.25) is 11.8 Å². The molecule has 3 aromatic carbocycles. The van der Waals surface area contributed by atoms with E-state index in [1.165, 1.54) is 30.1 Å². The normalized spacial score (nSPS) is 12.1. The van der Waals surface area contributed by atoms with Crippen LogP contribution < -0.4 is 9.62 Å². The molecular weight excluding hydrogens is 557 g/mol. The van der Waals surface area contributed by atoms with E-state index in [-0.39, 0.29) is 17.1 Å². The van der Waals surface area contributed by atoms with Gasteiger partial charge in [-0.15, -0.1) is 0 Å². The first kappa shape index (κ1) is 28.8. The molecule has 0 radical (unpaired) electrons. The van der Waals surface area contributed by atoms with Crippen molar-refractivity contribution in [2.75, 3.05) is 17.9 Å². The van der Waals surface area contributed by atoms with Gasteiger partial charge in [-0.3, -0.25) is 13.9 Å². The van der Waals surface area contributed by atoms with E-state index in [0.717, 1.165) is 9.87 Å². The smallest absolute Gasteiger partial charge is 0.264 e. The van der Waals surface area contributed by atoms with E-state index in [1.54, 1.807) is 62.4 Å². The highest BCUT2D eigenvalue weighted by atomic mass is 35.5. The zero-order valence-electron chi connectivity index (χ0n) is 20.4. The average Bonchev–Trinajstić information content (AvgIpc) is 2.88. The van der Waals surface area contributed by atoms with Crippen molar-refractivity contribution in [3.63, 3.8) is 0 Å². The number of amides is 2. The fourth-order valence-electron chi connectivity index (χ4n) is 3.63. The zero-order valence-corrected chi connectivity index (χ0v) is 23.5. The molecule has 0 saturated heterocycles. The molecule has 2 amide bonds. The molecule has 7 nitrogen and oxygen atoms in total. The SMILES string of the molecule is CNC(=O)C(C)N(Cc1c(Cl)cccc1Cl)C(=O)CN(c1ccc(C)c(Cl)c1)S(=O)(=O)c1ccccc1. The van der Waals surface area contributed by atoms with Crippen LogP contribution in [0.15, 0.2) is 71.6 Å². The Kier molecular flexibility index (Phi) is 9.47. The van der Waals surface area contributed by atoms with Crippen molar-refractivity contribution < 1.29 is 18.0 Å². The Bertz CT molecular complexity index is 1380. The minimum absolute atomic E-state index is 0.000421. The summed E-state index contributed by atoms with van der Waals surface area (Å²) in [6, 6.07) is 16.4. The quantitative estimate of drug-likeness (QED) is 0.370. The maximum Gasteiger partial charge on any atom is 0.264 e. The lowest BCUT2D eigenvalue weighted by Gasteiger charge is -2.32. The number of rotatable bonds is 9. The molecule has 1 unspecified atom stereocenters. The summed E-state index contributed by atoms with van der Waals surface area (Å²) in [7, 11) is -2.73. The maximum absolute atomic E-state index is 13.8. The van der Waals surface area contributed by atoms with Crippen LogP contribution in [-0.4, -0.2) is 44.8 Å². The third kappa shape index (κ3) is 6.57. The van der Waals surface area contributed by atoms with Crippen molar-refractivity contribution in [2.45, 2.75) is 31.3 Å². The average molecular weight is 583 g/mol. The summed E-state index contributed by atoms with van der Waals surface area (Å²) in [5, 5.41) is 3.49. The van der Waals surface area contributed by atoms with E-state index in [2.05, 4.69) is 5.32 Å². The molecule has 196 valence electrons. The Balaban J connectivity index is 2.08. The number of nitrogens with one attached hydrogen (secondary N) is 1. The van der Waals surface area contributed by atoms with Crippen molar-refractivity contribution in [1.29, 1.82) is 0 Å². The molecule has 37 heavy (non-hydrogen) atoms. The van der Waals surface area contributed by atoms with Crippen LogP contribution in [0.3, 0.4) is 0 Å². The highest BCUT2D eigenvalue weighted by Crippen LogP contribution is 2.30. The van der Waals surface area contributed by atoms with E-state index in [9.17, 15) is 18.0 Å². The molecule has 1 atom stereocenters. The molecule has 0 spiro atoms. The van der Waals surface area contributed by atoms with Crippen molar-refractivity contribution in [2.24, 2.45) is 0 Å². The predicted octanol–water partition coefficient (Wildman–Crippen LogP) is 5.31. The van der Waals surface area contributed by atoms with Crippen LogP contribution in [0.25, 0.3) is 0 Å². The predicted molar refractivity (Wildman–Crippen MR) is 148 cm³/mol. The number of benzene rings is 3. The number of likely N-dealkylation sites (N-methyl/N-ethyl adjacent to an activating group) is 1. The zero-order chi connectivity index (χ0) is 27.3. The van der Waals surface area contributed by atoms with Gasteiger partial charge in [0.15, 0.2) is 0 Å². The summed E-state index contributed by atoms with van der Waals surface area (Å²) >= 11 is 19.0. The second-order valence-corrected chi connectivity index (χ2v) is 11.4. The topological polar surface area (TPSA) is 86.8 Å². The highest BCUT2D eigenvalue weighted by molar-refractivity contribution is 7.92. The van der Waals surface area contributed by atoms with Crippen LogP contribution in [0.1, 0.15) is 18.1 Å². The Morgan fingerprint density at radius 1 is 0.919 bits per heavy atom. The third-order valence-corrected chi connectivity index (χ3v) is 8.76. The second-order valence-electron chi connectivity index (χ2n) is 8.27. The Morgan fingerprint density at radius 3 is 2.11 bits per heavy atom. The molecule has 3 aromatic rings. The van der Waals surface area contributed by atoms with Gasteiger partial charge in [-0.05, 0) is 55.8 Å². The number of carbonyl (C=O) groups is 2. The van der Waals surface area contributed by atoms with Crippen molar-refractivity contribution in [3.05, 3.63) is 92.9 Å². The van der Waals surface area contributed by atoms with Crippen LogP contribution in [0.4, 0.5) is 5.69 Å². The summed E-state index contributed by atoms with van der Waals surface area (Å²) in [4.78, 5) is 27.6. The molecule has 1 N–H and O–H groups in total. The number of aryl methyl sites for hydroxylation is 1. The Labute approximate surface area is 232 Å². The number of carbonyl (C=O) groups excluding carboxylic acids is 2. The Hall–Kier alpha value is -2.78. The van der Waals surface area contributed by atoms with Crippen molar-refractivity contribution >= 4 is 62.3 Å². The largest absolute Gasteiger partial charge is 0.357 e. The van der Waals surface area contributed by atoms with Gasteiger partial charge in [0.1, 0.15) is 12.6 Å². The van der Waals surface area contributed by atoms with E-state index in [1.807, 2.05) is 0 Å². The van der Waals surface area contributed by atoms with Crippen molar-refractivity contribution in [1.82, 2.24) is 10.2 Å². The highest BCUT2D eigenvalue weighted by Gasteiger charge is 2.33. The van der Waals surface area contributed by atoms with E-state index in [0.29, 0.717) is 20.6 Å². The number of hydrogen-bond donors (Lipinski definition) is 1. The van der Waals surface area contributed by atoms with Crippen LogP contribution >= 0.6 is 34.8 Å². The second kappa shape index (κ2) is 12.2. The first-order chi connectivity index (χ1) is 17.5. The number of sulfonamides is 1. The van der Waals surface area contributed by atoms with E-state index >= 15 is 0 Å². The maximum atomic E-state index is 13.8. The molecule has 0 heterocycles. The number of halogens is 3. The fourth-order valence-corrected chi connectivity index (χ4v) is 5.75. The lowest BCUT2D eigenvalue weighted by molar-refractivity contribution is -0.139. The number of hydrogen-bond acceptors (Lipinski definition) is 4. The third-order valence-electron chi connectivity index (χ3n) is 5.86. The van der Waals surface area contributed by atoms with E-state index in [4.69, 9.17) is 34.8 Å². The number of nitrogens with zero attached hydrogens (tertiary/aromatic N) is 2. The minimum Gasteiger partial charge on any atom is -0.357 e. The summed E-state index contributed by atoms with van der Waals surface area (Å²) in [6.45, 7) is 2.62. The van der Waals surface area contributed by atoms with Crippen LogP contribution in [0, 0.1) is 6.92 Å². The first-order valence-electron chi connectivity index (χ1n) is 11.2. The van der Waals surface area contributed by atoms with Gasteiger partial charge in [-0.25, -0.2) is 8.42 Å². The molecule has 0 aromatic heterocycles. The van der Waals surface area contributed by atoms with Gasteiger partial charge in [0.25, 0.3) is 10.0 Å². The molecule has 0 aliphatic carbocycles. The van der Waals surface area contributed by atoms with Gasteiger partial charge in [-0.2, -0.15) is 0 Å². The van der Waals surface area contributed by atoms with Gasteiger partial charge in [0.05, 0.1) is 10.6 Å². The Morgan fingerprint density at radius 2 is 1.54 bits per heavy atom. The molecule has 0 bridgehead atoms. The molecule has 3 rings (SSSR count). The molecule has 11 heteroatoms. The van der Waals surface area contributed by atoms with Gasteiger partial charge >= 0.3 is 0 Å². The minimum atomic E-state index is -4.18. The summed E-state index contributed by atoms with van der Waals surface area (Å²) in [6.07, 6.45) is 0. The summed E-state index contributed by atoms with van der Waals surface area (Å²) in [5.41, 5.74) is 1.39. The van der Waals surface area contributed by atoms with Gasteiger partial charge in [-0.1, -0.05) is 65.1 Å². The molecule has 0 aliphatic rings. The molecule has 0 fully saturated rings. The first-order valence-corrected chi connectivity index (χ1v) is 13.8. The van der Waals surface area contributed by atoms with E-state index < -0.39 is 34.4 Å². The summed E-state index contributed by atoms with van der Waals surface area (Å²) < 4.78 is 28.4. The van der Waals surface area contributed by atoms with Gasteiger partial charge < -0.3 is 10.2 Å². The van der Waals surface area contributed by atoms with Crippen LogP contribution in [0.5, 0.6) is 0 Å². The molecular formula is C26H26Cl3N3O4S. The number of anilines is 1. The summed E-state index contributed by atoms with van der Waals surface area (Å²) in [5.74, 6) is -1.07. The van der Waals surface area contributed by atoms with Crippen molar-refractivity contribution in [3.8, 4) is 0 Å².